The van der Waals surface area contributed by atoms with Gasteiger partial charge in [0.25, 0.3) is 0 Å². The second kappa shape index (κ2) is 4.42. The molecule has 1 aromatic rings. The fraction of sp³-hybridized carbons (Fsp3) is 0.100. The number of benzene rings is 1. The van der Waals surface area contributed by atoms with Gasteiger partial charge in [0.15, 0.2) is 5.78 Å². The van der Waals surface area contributed by atoms with E-state index in [-0.39, 0.29) is 12.3 Å². The highest BCUT2D eigenvalue weighted by atomic mass is 16.1. The molecule has 0 aliphatic carbocycles. The molecule has 0 saturated heterocycles. The van der Waals surface area contributed by atoms with Gasteiger partial charge in [0.2, 0.25) is 0 Å². The quantitative estimate of drug-likeness (QED) is 0.659. The molecule has 0 aromatic heterocycles. The van der Waals surface area contributed by atoms with Gasteiger partial charge in [0, 0.05) is 11.8 Å². The summed E-state index contributed by atoms with van der Waals surface area (Å²) >= 11 is 0. The highest BCUT2D eigenvalue weighted by Crippen LogP contribution is 2.06. The molecule has 68 valence electrons. The summed E-state index contributed by atoms with van der Waals surface area (Å²) in [7, 11) is 0. The Morgan fingerprint density at radius 3 is 2.46 bits per heavy atom. The van der Waals surface area contributed by atoms with E-state index in [0.29, 0.717) is 5.70 Å². The van der Waals surface area contributed by atoms with Crippen molar-refractivity contribution in [2.45, 2.75) is 0 Å². The molecule has 1 rings (SSSR count). The Bertz CT molecular complexity index is 317. The highest BCUT2D eigenvalue weighted by Gasteiger charge is 1.97. The number of carbonyl (C=O) groups is 1. The van der Waals surface area contributed by atoms with E-state index in [1.807, 2.05) is 30.3 Å². The van der Waals surface area contributed by atoms with Crippen LogP contribution in [0.1, 0.15) is 5.56 Å². The zero-order valence-corrected chi connectivity index (χ0v) is 7.23. The lowest BCUT2D eigenvalue weighted by molar-refractivity contribution is -0.113. The molecule has 3 heteroatoms. The monoisotopic (exact) mass is 176 g/mol. The van der Waals surface area contributed by atoms with Crippen molar-refractivity contribution in [1.82, 2.24) is 0 Å². The maximum absolute atomic E-state index is 10.9. The number of hydrogen-bond donors (Lipinski definition) is 2. The molecule has 0 aliphatic rings. The molecule has 0 amide bonds. The first-order valence-electron chi connectivity index (χ1n) is 3.99. The Balaban J connectivity index is 2.85. The minimum absolute atomic E-state index is 0.00642. The van der Waals surface area contributed by atoms with E-state index < -0.39 is 0 Å². The fourth-order valence-electron chi connectivity index (χ4n) is 0.946. The van der Waals surface area contributed by atoms with Gasteiger partial charge in [-0.3, -0.25) is 4.79 Å². The van der Waals surface area contributed by atoms with Gasteiger partial charge in [0.05, 0.1) is 6.54 Å². The normalized spacial score (nSPS) is 11.3. The van der Waals surface area contributed by atoms with E-state index in [0.717, 1.165) is 5.56 Å². The van der Waals surface area contributed by atoms with Gasteiger partial charge in [0.1, 0.15) is 0 Å². The molecule has 1 aromatic carbocycles. The van der Waals surface area contributed by atoms with Crippen molar-refractivity contribution in [3.8, 4) is 0 Å². The van der Waals surface area contributed by atoms with Crippen molar-refractivity contribution in [2.75, 3.05) is 6.54 Å². The van der Waals surface area contributed by atoms with Crippen LogP contribution in [0.5, 0.6) is 0 Å². The van der Waals surface area contributed by atoms with Crippen LogP contribution in [0.3, 0.4) is 0 Å². The second-order valence-electron chi connectivity index (χ2n) is 2.64. The molecule has 0 fully saturated rings. The molecule has 4 N–H and O–H groups in total. The van der Waals surface area contributed by atoms with E-state index >= 15 is 0 Å². The van der Waals surface area contributed by atoms with Gasteiger partial charge >= 0.3 is 0 Å². The third-order valence-electron chi connectivity index (χ3n) is 1.62. The van der Waals surface area contributed by atoms with Gasteiger partial charge < -0.3 is 11.5 Å². The second-order valence-corrected chi connectivity index (χ2v) is 2.64. The van der Waals surface area contributed by atoms with Crippen molar-refractivity contribution in [2.24, 2.45) is 11.5 Å². The number of hydrogen-bond acceptors (Lipinski definition) is 3. The van der Waals surface area contributed by atoms with Crippen LogP contribution in [-0.4, -0.2) is 12.3 Å². The molecule has 0 spiro atoms. The summed E-state index contributed by atoms with van der Waals surface area (Å²) in [5.41, 5.74) is 12.1. The first-order valence-corrected chi connectivity index (χ1v) is 3.99. The average molecular weight is 176 g/mol. The van der Waals surface area contributed by atoms with Gasteiger partial charge in [-0.25, -0.2) is 0 Å². The molecule has 0 atom stereocenters. The minimum Gasteiger partial charge on any atom is -0.398 e. The Kier molecular flexibility index (Phi) is 3.23. The van der Waals surface area contributed by atoms with E-state index in [4.69, 9.17) is 11.5 Å². The zero-order valence-electron chi connectivity index (χ0n) is 7.23. The van der Waals surface area contributed by atoms with Crippen LogP contribution in [-0.2, 0) is 4.79 Å². The Morgan fingerprint density at radius 2 is 1.92 bits per heavy atom. The maximum atomic E-state index is 10.9. The van der Waals surface area contributed by atoms with Crippen molar-refractivity contribution in [1.29, 1.82) is 0 Å². The van der Waals surface area contributed by atoms with Crippen LogP contribution in [0.25, 0.3) is 5.70 Å². The number of carbonyl (C=O) groups excluding carboxylic acids is 1. The summed E-state index contributed by atoms with van der Waals surface area (Å²) < 4.78 is 0. The van der Waals surface area contributed by atoms with Gasteiger partial charge in [-0.2, -0.15) is 0 Å². The first-order chi connectivity index (χ1) is 6.24. The largest absolute Gasteiger partial charge is 0.398 e. The van der Waals surface area contributed by atoms with Crippen LogP contribution < -0.4 is 11.5 Å². The highest BCUT2D eigenvalue weighted by molar-refractivity contribution is 5.97. The molecule has 0 bridgehead atoms. The van der Waals surface area contributed by atoms with Gasteiger partial charge in [-0.05, 0) is 5.56 Å². The van der Waals surface area contributed by atoms with Crippen molar-refractivity contribution in [3.05, 3.63) is 42.0 Å². The number of ketones is 1. The Hall–Kier alpha value is -1.61. The summed E-state index contributed by atoms with van der Waals surface area (Å²) in [5.74, 6) is -0.165. The minimum atomic E-state index is -0.165. The van der Waals surface area contributed by atoms with Crippen LogP contribution >= 0.6 is 0 Å². The molecule has 0 aliphatic heterocycles. The molecule has 3 nitrogen and oxygen atoms in total. The SMILES string of the molecule is NCC(=O)C=C(N)c1ccccc1. The third kappa shape index (κ3) is 2.72. The smallest absolute Gasteiger partial charge is 0.171 e. The summed E-state index contributed by atoms with van der Waals surface area (Å²) in [4.78, 5) is 10.9. The lowest BCUT2D eigenvalue weighted by Gasteiger charge is -1.99. The van der Waals surface area contributed by atoms with E-state index in [1.54, 1.807) is 0 Å². The molecular weight excluding hydrogens is 164 g/mol. The van der Waals surface area contributed by atoms with Crippen LogP contribution in [0, 0.1) is 0 Å². The summed E-state index contributed by atoms with van der Waals surface area (Å²) in [5, 5.41) is 0. The zero-order chi connectivity index (χ0) is 9.68. The third-order valence-corrected chi connectivity index (χ3v) is 1.62. The Morgan fingerprint density at radius 1 is 1.31 bits per heavy atom. The van der Waals surface area contributed by atoms with Gasteiger partial charge in [-0.1, -0.05) is 30.3 Å². The molecule has 13 heavy (non-hydrogen) atoms. The van der Waals surface area contributed by atoms with E-state index in [2.05, 4.69) is 0 Å². The lowest BCUT2D eigenvalue weighted by Crippen LogP contribution is -2.12. The Labute approximate surface area is 77.0 Å². The molecule has 0 heterocycles. The number of nitrogens with two attached hydrogens (primary N) is 2. The standard InChI is InChI=1S/C10H12N2O/c11-7-9(13)6-10(12)8-4-2-1-3-5-8/h1-6H,7,11-12H2. The van der Waals surface area contributed by atoms with Crippen molar-refractivity contribution in [3.63, 3.8) is 0 Å². The fourth-order valence-corrected chi connectivity index (χ4v) is 0.946. The van der Waals surface area contributed by atoms with Crippen molar-refractivity contribution < 1.29 is 4.79 Å². The molecule has 0 saturated carbocycles. The molecule has 0 radical (unpaired) electrons. The van der Waals surface area contributed by atoms with Crippen LogP contribution in [0.15, 0.2) is 36.4 Å². The van der Waals surface area contributed by atoms with Crippen molar-refractivity contribution >= 4 is 11.5 Å². The van der Waals surface area contributed by atoms with Gasteiger partial charge in [-0.15, -0.1) is 0 Å². The summed E-state index contributed by atoms with van der Waals surface area (Å²) in [6, 6.07) is 9.30. The predicted octanol–water partition coefficient (Wildman–Crippen LogP) is 0.514. The van der Waals surface area contributed by atoms with E-state index in [1.165, 1.54) is 6.08 Å². The average Bonchev–Trinajstić information content (AvgIpc) is 2.19. The van der Waals surface area contributed by atoms with Crippen LogP contribution in [0.4, 0.5) is 0 Å². The summed E-state index contributed by atoms with van der Waals surface area (Å²) in [6.07, 6.45) is 1.36. The van der Waals surface area contributed by atoms with Crippen LogP contribution in [0.2, 0.25) is 0 Å². The maximum Gasteiger partial charge on any atom is 0.171 e. The molecule has 0 unspecified atom stereocenters. The number of rotatable bonds is 3. The molecular formula is C10H12N2O. The predicted molar refractivity (Wildman–Crippen MR) is 52.7 cm³/mol. The first kappa shape index (κ1) is 9.48. The summed E-state index contributed by atoms with van der Waals surface area (Å²) in [6.45, 7) is -0.00642. The van der Waals surface area contributed by atoms with E-state index in [9.17, 15) is 4.79 Å². The topological polar surface area (TPSA) is 69.1 Å². The lowest BCUT2D eigenvalue weighted by atomic mass is 10.1.